The van der Waals surface area contributed by atoms with E-state index >= 15 is 0 Å². The van der Waals surface area contributed by atoms with Gasteiger partial charge in [-0.15, -0.1) is 0 Å². The first kappa shape index (κ1) is 131. The van der Waals surface area contributed by atoms with Crippen molar-refractivity contribution in [3.63, 3.8) is 0 Å². The summed E-state index contributed by atoms with van der Waals surface area (Å²) >= 11 is 0. The Morgan fingerprint density at radius 1 is 0.175 bits per heavy atom. The molecule has 0 fully saturated rings. The van der Waals surface area contributed by atoms with Gasteiger partial charge < -0.3 is 92.5 Å². The van der Waals surface area contributed by atoms with E-state index in [0.29, 0.717) is 0 Å². The van der Waals surface area contributed by atoms with Crippen LogP contribution >= 0.6 is 0 Å². The molecule has 0 N–H and O–H groups in total. The second kappa shape index (κ2) is 75.0. The molecule has 0 rings (SSSR count). The van der Waals surface area contributed by atoms with Crippen LogP contribution in [0.3, 0.4) is 0 Å². The summed E-state index contributed by atoms with van der Waals surface area (Å²) in [5, 5.41) is 0. The fourth-order valence-corrected chi connectivity index (χ4v) is 0. The topological polar surface area (TPSA) is 346 Å². The van der Waals surface area contributed by atoms with Gasteiger partial charge in [-0.2, -0.15) is 0 Å². The predicted molar refractivity (Wildman–Crippen MR) is 34.3 cm³/mol. The van der Waals surface area contributed by atoms with Gasteiger partial charge in [0.2, 0.25) is 0 Å². The minimum Gasteiger partial charge on any atom is -0.857 e. The summed E-state index contributed by atoms with van der Waals surface area (Å²) in [5.41, 5.74) is 0. The molecular weight excluding hydrogens is 820 g/mol. The summed E-state index contributed by atoms with van der Waals surface area (Å²) < 4.78 is 50.8. The minimum atomic E-state index is -5.86. The van der Waals surface area contributed by atoms with Gasteiger partial charge in [0.1, 0.15) is 0 Å². The van der Waals surface area contributed by atoms with Crippen LogP contribution in [0, 0.1) is 0 Å². The molecule has 0 saturated carbocycles. The van der Waals surface area contributed by atoms with Crippen molar-refractivity contribution in [1.29, 1.82) is 0 Å². The summed E-state index contributed by atoms with van der Waals surface area (Å²) in [6, 6.07) is 0. The van der Waals surface area contributed by atoms with E-state index in [1.165, 1.54) is 0 Å². The van der Waals surface area contributed by atoms with Crippen LogP contribution in [0.5, 0.6) is 0 Å². The molecule has 40 heteroatoms. The van der Waals surface area contributed by atoms with Gasteiger partial charge in [-0.25, -0.2) is 0 Å². The van der Waals surface area contributed by atoms with Gasteiger partial charge in [-0.05, 0) is 0 Å². The van der Waals surface area contributed by atoms with Crippen molar-refractivity contribution in [2.45, 2.75) is 0 Å². The Morgan fingerprint density at radius 3 is 0.175 bits per heavy atom. The van der Waals surface area contributed by atoms with Crippen LogP contribution < -0.4 is 515 Å². The van der Waals surface area contributed by atoms with Crippen LogP contribution in [0.15, 0.2) is 0 Å². The second-order valence-corrected chi connectivity index (χ2v) is 7.22. The van der Waals surface area contributed by atoms with Gasteiger partial charge in [0.15, 0.2) is 0 Å². The van der Waals surface area contributed by atoms with Crippen molar-refractivity contribution in [2.75, 3.05) is 0 Å². The molecule has 0 spiro atoms. The molecule has 0 heterocycles. The maximum atomic E-state index is 10.2. The molecular formula is F5Na15O15Si5. The summed E-state index contributed by atoms with van der Waals surface area (Å²) in [7, 11) is -29.3. The van der Waals surface area contributed by atoms with Crippen LogP contribution in [0.25, 0.3) is 0 Å². The molecule has 0 aliphatic heterocycles. The van der Waals surface area contributed by atoms with E-state index in [4.69, 9.17) is 71.9 Å². The number of hydrogen-bond acceptors (Lipinski definition) is 15. The van der Waals surface area contributed by atoms with Gasteiger partial charge in [-0.3, -0.25) is 0 Å². The molecule has 160 valence electrons. The molecule has 0 aromatic carbocycles. The van der Waals surface area contributed by atoms with Crippen LogP contribution in [0.4, 0.5) is 20.5 Å². The maximum absolute atomic E-state index is 10.2. The zero-order valence-corrected chi connectivity index (χ0v) is 60.5. The monoisotopic (exact) mass is 820 g/mol. The molecule has 0 aliphatic rings. The summed E-state index contributed by atoms with van der Waals surface area (Å²) in [5.74, 6) is 0. The Morgan fingerprint density at radius 2 is 0.175 bits per heavy atom. The third-order valence-corrected chi connectivity index (χ3v) is 0. The van der Waals surface area contributed by atoms with Gasteiger partial charge in [0, 0.05) is 0 Å². The number of halogens is 5. The first-order valence-corrected chi connectivity index (χ1v) is 12.0. The average Bonchev–Trinajstić information content (AvgIpc) is 1.79. The van der Waals surface area contributed by atoms with Crippen LogP contribution in [-0.4, -0.2) is 45.7 Å². The van der Waals surface area contributed by atoms with E-state index in [1.54, 1.807) is 0 Å². The molecule has 0 radical (unpaired) electrons. The quantitative estimate of drug-likeness (QED) is 0.124. The van der Waals surface area contributed by atoms with Crippen LogP contribution in [-0.2, 0) is 0 Å². The van der Waals surface area contributed by atoms with Gasteiger partial charge in [0.05, 0.1) is 0 Å². The molecule has 0 bridgehead atoms. The number of rotatable bonds is 0. The van der Waals surface area contributed by atoms with E-state index in [9.17, 15) is 20.5 Å². The zero-order valence-electron chi connectivity index (χ0n) is 25.5. The van der Waals surface area contributed by atoms with E-state index in [1.807, 2.05) is 0 Å². The van der Waals surface area contributed by atoms with Gasteiger partial charge in [-0.1, -0.05) is 45.7 Å². The van der Waals surface area contributed by atoms with Gasteiger partial charge in [0.25, 0.3) is 0 Å². The second-order valence-electron chi connectivity index (χ2n) is 2.41. The Kier molecular flexibility index (Phi) is 246. The first-order chi connectivity index (χ1) is 10.0. The van der Waals surface area contributed by atoms with Crippen molar-refractivity contribution in [1.82, 2.24) is 0 Å². The molecule has 0 amide bonds. The molecule has 40 heavy (non-hydrogen) atoms. The molecule has 0 aromatic heterocycles. The largest absolute Gasteiger partial charge is 1.00 e. The smallest absolute Gasteiger partial charge is 0.857 e. The van der Waals surface area contributed by atoms with Crippen molar-refractivity contribution < 1.29 is 536 Å². The molecule has 0 atom stereocenters. The van der Waals surface area contributed by atoms with E-state index < -0.39 is 45.7 Å². The van der Waals surface area contributed by atoms with Crippen LogP contribution in [0.2, 0.25) is 0 Å². The molecule has 0 saturated heterocycles. The SMILES string of the molecule is [Na+].[Na+].[Na+].[Na+].[Na+].[Na+].[Na+].[Na+].[Na+].[Na+].[Na+].[Na+].[Na+].[Na+].[Na+].[O-][Si]([O-])([O-])F.[O-][Si]([O-])([O-])F.[O-][Si]([O-])([O-])F.[O-][Si]([O-])([O-])F.[O-][Si]([O-])([O-])F. The van der Waals surface area contributed by atoms with Gasteiger partial charge >= 0.3 is 443 Å². The fraction of sp³-hybridized carbons (Fsp3) is 0. The Hall–Kier alpha value is 15.1. The Bertz CT molecular complexity index is 220. The molecule has 0 aromatic rings. The van der Waals surface area contributed by atoms with Crippen molar-refractivity contribution >= 4 is 45.7 Å². The first-order valence-electron chi connectivity index (χ1n) is 4.01. The van der Waals surface area contributed by atoms with Crippen molar-refractivity contribution in [3.05, 3.63) is 0 Å². The molecule has 0 unspecified atom stereocenters. The van der Waals surface area contributed by atoms with E-state index in [-0.39, 0.29) is 443 Å². The maximum Gasteiger partial charge on any atom is 1.00 e. The standard InChI is InChI=1S/5FO3Si.15Na/c5*1-5(2,3)4;;;;;;;;;;;;;;;/q5*-3;15*+1. The molecule has 15 nitrogen and oxygen atoms in total. The Labute approximate surface area is 565 Å². The van der Waals surface area contributed by atoms with Crippen LogP contribution in [0.1, 0.15) is 0 Å². The Balaban J connectivity index is -0.00000000635. The summed E-state index contributed by atoms with van der Waals surface area (Å²) in [6.07, 6.45) is 0. The zero-order chi connectivity index (χ0) is 22.5. The van der Waals surface area contributed by atoms with E-state index in [0.717, 1.165) is 0 Å². The third-order valence-electron chi connectivity index (χ3n) is 0. The fourth-order valence-electron chi connectivity index (χ4n) is 0. The average molecular weight is 820 g/mol. The van der Waals surface area contributed by atoms with Crippen molar-refractivity contribution in [3.8, 4) is 0 Å². The predicted octanol–water partition coefficient (Wildman–Crippen LogP) is -62.6. The summed E-state index contributed by atoms with van der Waals surface area (Å²) in [4.78, 5) is 127. The molecule has 0 aliphatic carbocycles. The van der Waals surface area contributed by atoms with E-state index in [2.05, 4.69) is 0 Å². The number of hydrogen-bond donors (Lipinski definition) is 0. The summed E-state index contributed by atoms with van der Waals surface area (Å²) in [6.45, 7) is 0. The third kappa shape index (κ3) is 631. The normalized spacial score (nSPS) is 7.50. The minimum absolute atomic E-state index is 0. The van der Waals surface area contributed by atoms with Crippen molar-refractivity contribution in [2.24, 2.45) is 0 Å².